The molecule has 0 spiro atoms. The molecule has 1 aromatic rings. The monoisotopic (exact) mass is 177 g/mol. The third kappa shape index (κ3) is 1.05. The van der Waals surface area contributed by atoms with E-state index in [1.165, 1.54) is 12.3 Å². The molecule has 0 saturated heterocycles. The van der Waals surface area contributed by atoms with Gasteiger partial charge in [0.1, 0.15) is 5.82 Å². The Morgan fingerprint density at radius 3 is 2.69 bits per heavy atom. The van der Waals surface area contributed by atoms with E-state index in [2.05, 4.69) is 10.2 Å². The average molecular weight is 177 g/mol. The van der Waals surface area contributed by atoms with Crippen LogP contribution in [0.15, 0.2) is 23.9 Å². The van der Waals surface area contributed by atoms with E-state index in [1.807, 2.05) is 0 Å². The lowest BCUT2D eigenvalue weighted by molar-refractivity contribution is -0.120. The molecule has 0 fully saturated rings. The molecule has 1 aromatic heterocycles. The number of hydrogen-bond acceptors (Lipinski definition) is 3. The zero-order chi connectivity index (χ0) is 9.42. The summed E-state index contributed by atoms with van der Waals surface area (Å²) in [5.74, 6) is -0.218. The summed E-state index contributed by atoms with van der Waals surface area (Å²) in [5, 5.41) is 6.23. The fourth-order valence-electron chi connectivity index (χ4n) is 1.19. The number of carbonyl (C=O) groups is 2. The van der Waals surface area contributed by atoms with E-state index >= 15 is 0 Å². The highest BCUT2D eigenvalue weighted by atomic mass is 16.2. The van der Waals surface area contributed by atoms with E-state index in [1.54, 1.807) is 13.0 Å². The molecular weight excluding hydrogens is 170 g/mol. The molecule has 66 valence electrons. The number of amides is 2. The third-order valence-corrected chi connectivity index (χ3v) is 1.83. The second kappa shape index (κ2) is 2.55. The highest BCUT2D eigenvalue weighted by Gasteiger charge is 2.30. The molecule has 1 N–H and O–H groups in total. The summed E-state index contributed by atoms with van der Waals surface area (Å²) in [6, 6.07) is 1.57. The normalized spacial score (nSPS) is 16.7. The molecule has 0 saturated carbocycles. The van der Waals surface area contributed by atoms with E-state index in [0.717, 1.165) is 4.90 Å². The van der Waals surface area contributed by atoms with E-state index in [-0.39, 0.29) is 11.8 Å². The summed E-state index contributed by atoms with van der Waals surface area (Å²) < 4.78 is 0. The lowest BCUT2D eigenvalue weighted by Crippen LogP contribution is -2.30. The van der Waals surface area contributed by atoms with Crippen molar-refractivity contribution < 1.29 is 9.59 Å². The van der Waals surface area contributed by atoms with Crippen LogP contribution in [0.25, 0.3) is 0 Å². The molecule has 2 rings (SSSR count). The number of rotatable bonds is 1. The van der Waals surface area contributed by atoms with Crippen LogP contribution in [0.5, 0.6) is 0 Å². The minimum absolute atomic E-state index is 0.297. The smallest absolute Gasteiger partial charge is 0.262 e. The molecule has 5 heteroatoms. The molecule has 0 bridgehead atoms. The molecule has 0 aromatic carbocycles. The van der Waals surface area contributed by atoms with Crippen LogP contribution in [0.4, 0.5) is 5.82 Å². The van der Waals surface area contributed by atoms with Gasteiger partial charge in [-0.2, -0.15) is 5.10 Å². The summed E-state index contributed by atoms with van der Waals surface area (Å²) in [5.41, 5.74) is 0.444. The first-order valence-electron chi connectivity index (χ1n) is 3.76. The van der Waals surface area contributed by atoms with Gasteiger partial charge in [-0.15, -0.1) is 0 Å². The molecule has 0 unspecified atom stereocenters. The Labute approximate surface area is 74.0 Å². The second-order valence-corrected chi connectivity index (χ2v) is 2.75. The summed E-state index contributed by atoms with van der Waals surface area (Å²) >= 11 is 0. The first-order chi connectivity index (χ1) is 6.20. The number of anilines is 1. The fraction of sp³-hybridized carbons (Fsp3) is 0.125. The largest absolute Gasteiger partial charge is 0.269 e. The maximum Gasteiger partial charge on any atom is 0.262 e. The molecule has 0 aliphatic carbocycles. The van der Waals surface area contributed by atoms with Gasteiger partial charge in [0.05, 0.1) is 6.20 Å². The Hall–Kier alpha value is -1.91. The minimum atomic E-state index is -0.327. The van der Waals surface area contributed by atoms with Gasteiger partial charge in [-0.05, 0) is 6.92 Å². The van der Waals surface area contributed by atoms with Crippen molar-refractivity contribution in [2.75, 3.05) is 4.90 Å². The third-order valence-electron chi connectivity index (χ3n) is 1.83. The maximum absolute atomic E-state index is 11.4. The van der Waals surface area contributed by atoms with Gasteiger partial charge in [0.2, 0.25) is 0 Å². The fourth-order valence-corrected chi connectivity index (χ4v) is 1.19. The Bertz CT molecular complexity index is 392. The van der Waals surface area contributed by atoms with Gasteiger partial charge in [-0.3, -0.25) is 14.7 Å². The van der Waals surface area contributed by atoms with Crippen molar-refractivity contribution in [3.8, 4) is 0 Å². The van der Waals surface area contributed by atoms with Crippen molar-refractivity contribution in [1.29, 1.82) is 0 Å². The average Bonchev–Trinajstić information content (AvgIpc) is 2.63. The van der Waals surface area contributed by atoms with Crippen LogP contribution in [0.1, 0.15) is 6.92 Å². The molecule has 1 aliphatic heterocycles. The topological polar surface area (TPSA) is 66.1 Å². The van der Waals surface area contributed by atoms with Crippen molar-refractivity contribution in [2.24, 2.45) is 0 Å². The summed E-state index contributed by atoms with van der Waals surface area (Å²) in [6.07, 6.45) is 2.80. The summed E-state index contributed by atoms with van der Waals surface area (Å²) in [4.78, 5) is 23.7. The highest BCUT2D eigenvalue weighted by molar-refractivity contribution is 6.29. The molecule has 13 heavy (non-hydrogen) atoms. The number of imide groups is 1. The predicted octanol–water partition coefficient (Wildman–Crippen LogP) is 0.229. The molecule has 2 heterocycles. The number of nitrogens with one attached hydrogen (secondary N) is 1. The zero-order valence-corrected chi connectivity index (χ0v) is 6.94. The Morgan fingerprint density at radius 1 is 1.46 bits per heavy atom. The van der Waals surface area contributed by atoms with E-state index in [0.29, 0.717) is 11.4 Å². The Kier molecular flexibility index (Phi) is 1.51. The number of hydrogen-bond donors (Lipinski definition) is 1. The minimum Gasteiger partial charge on any atom is -0.269 e. The lowest BCUT2D eigenvalue weighted by atomic mass is 10.3. The van der Waals surface area contributed by atoms with Crippen LogP contribution in [0.2, 0.25) is 0 Å². The van der Waals surface area contributed by atoms with Gasteiger partial charge >= 0.3 is 0 Å². The lowest BCUT2D eigenvalue weighted by Gasteiger charge is -2.10. The first-order valence-corrected chi connectivity index (χ1v) is 3.76. The van der Waals surface area contributed by atoms with Crippen molar-refractivity contribution in [3.63, 3.8) is 0 Å². The Morgan fingerprint density at radius 2 is 2.23 bits per heavy atom. The van der Waals surface area contributed by atoms with Crippen LogP contribution in [-0.4, -0.2) is 22.0 Å². The predicted molar refractivity (Wildman–Crippen MR) is 44.8 cm³/mol. The van der Waals surface area contributed by atoms with Gasteiger partial charge in [0.15, 0.2) is 0 Å². The van der Waals surface area contributed by atoms with Crippen molar-refractivity contribution >= 4 is 17.6 Å². The summed E-state index contributed by atoms with van der Waals surface area (Å²) in [7, 11) is 0. The van der Waals surface area contributed by atoms with Crippen LogP contribution in [0, 0.1) is 0 Å². The zero-order valence-electron chi connectivity index (χ0n) is 6.94. The van der Waals surface area contributed by atoms with Crippen LogP contribution < -0.4 is 4.90 Å². The molecular formula is C8H7N3O2. The van der Waals surface area contributed by atoms with Crippen LogP contribution in [0.3, 0.4) is 0 Å². The van der Waals surface area contributed by atoms with Crippen LogP contribution >= 0.6 is 0 Å². The quantitative estimate of drug-likeness (QED) is 0.624. The Balaban J connectivity index is 2.39. The first kappa shape index (κ1) is 7.72. The molecule has 0 atom stereocenters. The standard InChI is InChI=1S/C8H7N3O2/c1-5-4-7(12)11(8(5)13)6-2-3-9-10-6/h2-4H,1H3,(H,9,10). The number of nitrogens with zero attached hydrogens (tertiary/aromatic N) is 2. The van der Waals surface area contributed by atoms with E-state index < -0.39 is 0 Å². The second-order valence-electron chi connectivity index (χ2n) is 2.75. The maximum atomic E-state index is 11.4. The van der Waals surface area contributed by atoms with Crippen molar-refractivity contribution in [3.05, 3.63) is 23.9 Å². The van der Waals surface area contributed by atoms with Gasteiger partial charge in [-0.1, -0.05) is 0 Å². The molecule has 0 radical (unpaired) electrons. The molecule has 2 amide bonds. The van der Waals surface area contributed by atoms with E-state index in [9.17, 15) is 9.59 Å². The van der Waals surface area contributed by atoms with Gasteiger partial charge < -0.3 is 0 Å². The SMILES string of the molecule is CC1=CC(=O)N(c2ccn[nH]2)C1=O. The highest BCUT2D eigenvalue weighted by Crippen LogP contribution is 2.18. The number of carbonyl (C=O) groups excluding carboxylic acids is 2. The number of aromatic amines is 1. The summed E-state index contributed by atoms with van der Waals surface area (Å²) in [6.45, 7) is 1.61. The number of aromatic nitrogens is 2. The van der Waals surface area contributed by atoms with Crippen molar-refractivity contribution in [2.45, 2.75) is 6.92 Å². The molecule has 5 nitrogen and oxygen atoms in total. The van der Waals surface area contributed by atoms with E-state index in [4.69, 9.17) is 0 Å². The van der Waals surface area contributed by atoms with Crippen LogP contribution in [-0.2, 0) is 9.59 Å². The number of H-pyrrole nitrogens is 1. The van der Waals surface area contributed by atoms with Crippen molar-refractivity contribution in [1.82, 2.24) is 10.2 Å². The van der Waals surface area contributed by atoms with Gasteiger partial charge in [-0.25, -0.2) is 4.90 Å². The van der Waals surface area contributed by atoms with Gasteiger partial charge in [0.25, 0.3) is 11.8 Å². The van der Waals surface area contributed by atoms with Gasteiger partial charge in [0, 0.05) is 17.7 Å². The molecule has 1 aliphatic rings.